The van der Waals surface area contributed by atoms with Crippen molar-refractivity contribution >= 4 is 23.5 Å². The van der Waals surface area contributed by atoms with E-state index in [9.17, 15) is 4.39 Å². The van der Waals surface area contributed by atoms with Gasteiger partial charge in [0, 0.05) is 26.2 Å². The standard InChI is InChI=1S/C13H15ClFN5/c1-4-16-12-17-11(18-13(19-12)20(2)3)9-7-8(15)5-6-10(9)14/h5-7H,4H2,1-3H3,(H,16,17,18,19). The van der Waals surface area contributed by atoms with Crippen molar-refractivity contribution in [2.24, 2.45) is 0 Å². The van der Waals surface area contributed by atoms with Crippen LogP contribution >= 0.6 is 11.6 Å². The van der Waals surface area contributed by atoms with Gasteiger partial charge < -0.3 is 10.2 Å². The SMILES string of the molecule is CCNc1nc(-c2cc(F)ccc2Cl)nc(N(C)C)n1. The van der Waals surface area contributed by atoms with Crippen LogP contribution in [0.15, 0.2) is 18.2 Å². The fourth-order valence-electron chi connectivity index (χ4n) is 1.59. The van der Waals surface area contributed by atoms with E-state index in [0.717, 1.165) is 0 Å². The molecule has 0 saturated heterocycles. The zero-order valence-electron chi connectivity index (χ0n) is 11.5. The number of rotatable bonds is 4. The fraction of sp³-hybridized carbons (Fsp3) is 0.308. The van der Waals surface area contributed by atoms with E-state index in [1.165, 1.54) is 18.2 Å². The van der Waals surface area contributed by atoms with E-state index in [1.54, 1.807) is 4.90 Å². The van der Waals surface area contributed by atoms with Crippen molar-refractivity contribution in [3.63, 3.8) is 0 Å². The molecule has 5 nitrogen and oxygen atoms in total. The fourth-order valence-corrected chi connectivity index (χ4v) is 1.79. The van der Waals surface area contributed by atoms with Crippen molar-refractivity contribution in [2.75, 3.05) is 30.9 Å². The van der Waals surface area contributed by atoms with Crippen LogP contribution in [-0.2, 0) is 0 Å². The summed E-state index contributed by atoms with van der Waals surface area (Å²) in [6.07, 6.45) is 0. The van der Waals surface area contributed by atoms with Crippen molar-refractivity contribution in [3.8, 4) is 11.4 Å². The third-order valence-corrected chi connectivity index (χ3v) is 2.86. The number of hydrogen-bond donors (Lipinski definition) is 1. The van der Waals surface area contributed by atoms with Gasteiger partial charge in [0.15, 0.2) is 5.82 Å². The quantitative estimate of drug-likeness (QED) is 0.940. The summed E-state index contributed by atoms with van der Waals surface area (Å²) in [6.45, 7) is 2.61. The molecule has 0 radical (unpaired) electrons. The summed E-state index contributed by atoms with van der Waals surface area (Å²) in [6, 6.07) is 4.09. The minimum absolute atomic E-state index is 0.337. The molecule has 0 amide bonds. The highest BCUT2D eigenvalue weighted by Gasteiger charge is 2.13. The molecule has 106 valence electrons. The largest absolute Gasteiger partial charge is 0.354 e. The van der Waals surface area contributed by atoms with Gasteiger partial charge >= 0.3 is 0 Å². The zero-order chi connectivity index (χ0) is 14.7. The Balaban J connectivity index is 2.57. The van der Waals surface area contributed by atoms with Crippen molar-refractivity contribution in [2.45, 2.75) is 6.92 Å². The van der Waals surface area contributed by atoms with Crippen LogP contribution in [0, 0.1) is 5.82 Å². The van der Waals surface area contributed by atoms with Gasteiger partial charge in [0.1, 0.15) is 5.82 Å². The molecule has 0 bridgehead atoms. The first-order valence-corrected chi connectivity index (χ1v) is 6.51. The third kappa shape index (κ3) is 3.14. The highest BCUT2D eigenvalue weighted by atomic mass is 35.5. The molecule has 0 saturated carbocycles. The van der Waals surface area contributed by atoms with Gasteiger partial charge in [-0.15, -0.1) is 0 Å². The van der Waals surface area contributed by atoms with Crippen LogP contribution in [0.4, 0.5) is 16.3 Å². The van der Waals surface area contributed by atoms with E-state index >= 15 is 0 Å². The lowest BCUT2D eigenvalue weighted by molar-refractivity contribution is 0.628. The normalized spacial score (nSPS) is 10.4. The molecule has 2 aromatic rings. The Morgan fingerprint density at radius 1 is 1.25 bits per heavy atom. The molecular formula is C13H15ClFN5. The first-order valence-electron chi connectivity index (χ1n) is 6.14. The molecule has 0 aliphatic rings. The molecule has 0 aliphatic heterocycles. The first kappa shape index (κ1) is 14.5. The number of nitrogens with zero attached hydrogens (tertiary/aromatic N) is 4. The summed E-state index contributed by atoms with van der Waals surface area (Å²) in [4.78, 5) is 14.6. The van der Waals surface area contributed by atoms with Crippen LogP contribution in [0.3, 0.4) is 0 Å². The van der Waals surface area contributed by atoms with Gasteiger partial charge in [-0.3, -0.25) is 0 Å². The van der Waals surface area contributed by atoms with E-state index in [0.29, 0.717) is 34.9 Å². The molecule has 2 rings (SSSR count). The molecule has 7 heteroatoms. The molecule has 0 spiro atoms. The summed E-state index contributed by atoms with van der Waals surface area (Å²) in [5.74, 6) is 0.859. The Morgan fingerprint density at radius 3 is 2.65 bits per heavy atom. The first-order chi connectivity index (χ1) is 9.51. The second-order valence-electron chi connectivity index (χ2n) is 4.33. The summed E-state index contributed by atoms with van der Waals surface area (Å²) in [5.41, 5.74) is 0.441. The van der Waals surface area contributed by atoms with Gasteiger partial charge in [-0.05, 0) is 25.1 Å². The van der Waals surface area contributed by atoms with Gasteiger partial charge in [0.2, 0.25) is 11.9 Å². The Morgan fingerprint density at radius 2 is 2.00 bits per heavy atom. The monoisotopic (exact) mass is 295 g/mol. The summed E-state index contributed by atoms with van der Waals surface area (Å²) < 4.78 is 13.4. The average molecular weight is 296 g/mol. The second-order valence-corrected chi connectivity index (χ2v) is 4.74. The van der Waals surface area contributed by atoms with Crippen LogP contribution in [0.2, 0.25) is 5.02 Å². The van der Waals surface area contributed by atoms with Crippen LogP contribution in [0.5, 0.6) is 0 Å². The lowest BCUT2D eigenvalue weighted by atomic mass is 10.2. The molecule has 0 atom stereocenters. The molecule has 1 aromatic heterocycles. The van der Waals surface area contributed by atoms with Crippen LogP contribution in [0.1, 0.15) is 6.92 Å². The molecule has 20 heavy (non-hydrogen) atoms. The lowest BCUT2D eigenvalue weighted by Crippen LogP contribution is -2.16. The number of anilines is 2. The maximum Gasteiger partial charge on any atom is 0.230 e. The van der Waals surface area contributed by atoms with Gasteiger partial charge in [-0.1, -0.05) is 11.6 Å². The topological polar surface area (TPSA) is 53.9 Å². The van der Waals surface area contributed by atoms with Crippen molar-refractivity contribution in [3.05, 3.63) is 29.0 Å². The van der Waals surface area contributed by atoms with Gasteiger partial charge in [-0.2, -0.15) is 15.0 Å². The number of nitrogens with one attached hydrogen (secondary N) is 1. The number of benzene rings is 1. The molecule has 1 N–H and O–H groups in total. The average Bonchev–Trinajstić information content (AvgIpc) is 2.41. The molecule has 1 heterocycles. The van der Waals surface area contributed by atoms with Crippen LogP contribution in [-0.4, -0.2) is 35.6 Å². The Labute approximate surface area is 121 Å². The van der Waals surface area contributed by atoms with E-state index in [4.69, 9.17) is 11.6 Å². The summed E-state index contributed by atoms with van der Waals surface area (Å²) in [5, 5.41) is 3.41. The summed E-state index contributed by atoms with van der Waals surface area (Å²) >= 11 is 6.09. The van der Waals surface area contributed by atoms with E-state index in [2.05, 4.69) is 20.3 Å². The second kappa shape index (κ2) is 6.00. The smallest absolute Gasteiger partial charge is 0.230 e. The predicted octanol–water partition coefficient (Wildman–Crippen LogP) is 2.83. The summed E-state index contributed by atoms with van der Waals surface area (Å²) in [7, 11) is 3.64. The highest BCUT2D eigenvalue weighted by Crippen LogP contribution is 2.27. The number of halogens is 2. The predicted molar refractivity (Wildman–Crippen MR) is 78.7 cm³/mol. The van der Waals surface area contributed by atoms with E-state index < -0.39 is 0 Å². The Hall–Kier alpha value is -1.95. The maximum atomic E-state index is 13.4. The molecule has 0 aliphatic carbocycles. The minimum Gasteiger partial charge on any atom is -0.354 e. The molecular weight excluding hydrogens is 281 g/mol. The number of hydrogen-bond acceptors (Lipinski definition) is 5. The third-order valence-electron chi connectivity index (χ3n) is 2.53. The Bertz CT molecular complexity index is 618. The molecule has 1 aromatic carbocycles. The van der Waals surface area contributed by atoms with Crippen LogP contribution in [0.25, 0.3) is 11.4 Å². The zero-order valence-corrected chi connectivity index (χ0v) is 12.2. The van der Waals surface area contributed by atoms with Crippen LogP contribution < -0.4 is 10.2 Å². The lowest BCUT2D eigenvalue weighted by Gasteiger charge is -2.13. The number of aromatic nitrogens is 3. The van der Waals surface area contributed by atoms with E-state index in [-0.39, 0.29) is 5.82 Å². The van der Waals surface area contributed by atoms with Crippen molar-refractivity contribution in [1.29, 1.82) is 0 Å². The van der Waals surface area contributed by atoms with Gasteiger partial charge in [-0.25, -0.2) is 4.39 Å². The van der Waals surface area contributed by atoms with Crippen molar-refractivity contribution in [1.82, 2.24) is 15.0 Å². The molecule has 0 fully saturated rings. The van der Waals surface area contributed by atoms with Gasteiger partial charge in [0.05, 0.1) is 5.02 Å². The molecule has 0 unspecified atom stereocenters. The maximum absolute atomic E-state index is 13.4. The van der Waals surface area contributed by atoms with Gasteiger partial charge in [0.25, 0.3) is 0 Å². The minimum atomic E-state index is -0.388. The van der Waals surface area contributed by atoms with E-state index in [1.807, 2.05) is 21.0 Å². The Kier molecular flexibility index (Phi) is 4.34. The van der Waals surface area contributed by atoms with Crippen molar-refractivity contribution < 1.29 is 4.39 Å². The highest BCUT2D eigenvalue weighted by molar-refractivity contribution is 6.33.